The molecule has 0 aliphatic carbocycles. The quantitative estimate of drug-likeness (QED) is 0.275. The molecule has 0 spiro atoms. The Hall–Kier alpha value is -3.79. The van der Waals surface area contributed by atoms with Gasteiger partial charge in [-0.05, 0) is 58.7 Å². The number of fused-ring (bicyclic) bond motifs is 1. The number of aromatic nitrogens is 3. The summed E-state index contributed by atoms with van der Waals surface area (Å²) >= 11 is 3.57. The Bertz CT molecular complexity index is 1460. The third-order valence-electron chi connectivity index (χ3n) is 6.84. The van der Waals surface area contributed by atoms with Crippen LogP contribution in [0, 0.1) is 5.92 Å². The maximum atomic E-state index is 12.8. The Labute approximate surface area is 229 Å². The van der Waals surface area contributed by atoms with Gasteiger partial charge in [0.05, 0.1) is 43.9 Å². The van der Waals surface area contributed by atoms with Crippen LogP contribution in [0.3, 0.4) is 0 Å². The summed E-state index contributed by atoms with van der Waals surface area (Å²) in [5, 5.41) is 4.45. The van der Waals surface area contributed by atoms with Crippen LogP contribution in [-0.4, -0.2) is 59.4 Å². The zero-order chi connectivity index (χ0) is 26.8. The minimum atomic E-state index is -0.251. The number of carbonyl (C=O) groups is 1. The van der Waals surface area contributed by atoms with Gasteiger partial charge in [0.15, 0.2) is 11.5 Å². The fraction of sp³-hybridized carbons (Fsp3) is 0.321. The summed E-state index contributed by atoms with van der Waals surface area (Å²) < 4.78 is 25.0. The molecule has 5 rings (SSSR count). The van der Waals surface area contributed by atoms with E-state index in [1.165, 1.54) is 0 Å². The molecule has 3 heterocycles. The molecule has 2 aromatic heterocycles. The highest BCUT2D eigenvalue weighted by Gasteiger charge is 2.34. The van der Waals surface area contributed by atoms with Crippen LogP contribution in [0.2, 0.25) is 0 Å². The highest BCUT2D eigenvalue weighted by molar-refractivity contribution is 9.10. The Morgan fingerprint density at radius 3 is 2.53 bits per heavy atom. The maximum absolute atomic E-state index is 12.8. The number of likely N-dealkylation sites (tertiary alicyclic amines) is 1. The number of halogens is 1. The van der Waals surface area contributed by atoms with Gasteiger partial charge < -0.3 is 23.8 Å². The summed E-state index contributed by atoms with van der Waals surface area (Å²) in [6.45, 7) is 3.15. The maximum Gasteiger partial charge on any atom is 0.242 e. The second kappa shape index (κ2) is 10.9. The summed E-state index contributed by atoms with van der Waals surface area (Å²) in [5.74, 6) is 2.61. The van der Waals surface area contributed by atoms with E-state index in [0.717, 1.165) is 26.9 Å². The molecule has 1 aliphatic heterocycles. The Kier molecular flexibility index (Phi) is 7.42. The first-order valence-corrected chi connectivity index (χ1v) is 13.0. The van der Waals surface area contributed by atoms with E-state index in [4.69, 9.17) is 23.9 Å². The molecule has 2 unspecified atom stereocenters. The average molecular weight is 581 g/mol. The number of ether oxygens (including phenoxy) is 4. The first-order chi connectivity index (χ1) is 18.4. The van der Waals surface area contributed by atoms with Gasteiger partial charge in [-0.3, -0.25) is 4.79 Å². The topological polar surface area (TPSA) is 87.4 Å². The Morgan fingerprint density at radius 2 is 1.82 bits per heavy atom. The number of amides is 1. The molecule has 10 heteroatoms. The van der Waals surface area contributed by atoms with Gasteiger partial charge in [-0.15, -0.1) is 0 Å². The summed E-state index contributed by atoms with van der Waals surface area (Å²) in [5.41, 5.74) is 3.28. The van der Waals surface area contributed by atoms with Gasteiger partial charge in [-0.25, -0.2) is 9.50 Å². The summed E-state index contributed by atoms with van der Waals surface area (Å²) in [6, 6.07) is 13.4. The number of rotatable bonds is 9. The van der Waals surface area contributed by atoms with Crippen molar-refractivity contribution in [2.45, 2.75) is 26.0 Å². The van der Waals surface area contributed by atoms with Crippen LogP contribution >= 0.6 is 15.9 Å². The summed E-state index contributed by atoms with van der Waals surface area (Å²) in [7, 11) is 4.84. The van der Waals surface area contributed by atoms with Gasteiger partial charge in [-0.2, -0.15) is 5.10 Å². The lowest BCUT2D eigenvalue weighted by atomic mass is 10.0. The van der Waals surface area contributed by atoms with Gasteiger partial charge in [0.25, 0.3) is 0 Å². The second-order valence-corrected chi connectivity index (χ2v) is 10.1. The van der Waals surface area contributed by atoms with Gasteiger partial charge >= 0.3 is 0 Å². The van der Waals surface area contributed by atoms with Crippen LogP contribution in [0.25, 0.3) is 16.8 Å². The fourth-order valence-corrected chi connectivity index (χ4v) is 5.10. The third-order valence-corrected chi connectivity index (χ3v) is 7.42. The molecular formula is C28H29BrN4O5. The zero-order valence-electron chi connectivity index (χ0n) is 21.7. The van der Waals surface area contributed by atoms with Crippen LogP contribution in [0.4, 0.5) is 0 Å². The second-order valence-electron chi connectivity index (χ2n) is 9.20. The minimum absolute atomic E-state index is 0.0223. The van der Waals surface area contributed by atoms with Crippen molar-refractivity contribution in [3.63, 3.8) is 0 Å². The average Bonchev–Trinajstić information content (AvgIpc) is 3.50. The molecule has 1 saturated heterocycles. The van der Waals surface area contributed by atoms with E-state index < -0.39 is 0 Å². The minimum Gasteiger partial charge on any atom is -0.497 e. The van der Waals surface area contributed by atoms with Crippen molar-refractivity contribution in [2.24, 2.45) is 5.92 Å². The molecule has 0 bridgehead atoms. The normalized spacial score (nSPS) is 16.1. The van der Waals surface area contributed by atoms with Crippen LogP contribution in [0.5, 0.6) is 23.1 Å². The van der Waals surface area contributed by atoms with Crippen LogP contribution < -0.4 is 18.9 Å². The number of hydrogen-bond acceptors (Lipinski definition) is 7. The first kappa shape index (κ1) is 25.8. The molecule has 0 saturated carbocycles. The highest BCUT2D eigenvalue weighted by atomic mass is 79.9. The van der Waals surface area contributed by atoms with E-state index in [1.807, 2.05) is 60.5 Å². The number of hydrogen-bond donors (Lipinski definition) is 0. The zero-order valence-corrected chi connectivity index (χ0v) is 23.3. The smallest absolute Gasteiger partial charge is 0.242 e. The van der Waals surface area contributed by atoms with Gasteiger partial charge in [0, 0.05) is 31.0 Å². The van der Waals surface area contributed by atoms with E-state index in [0.29, 0.717) is 42.6 Å². The molecule has 38 heavy (non-hydrogen) atoms. The number of carbonyl (C=O) groups excluding carboxylic acids is 1. The van der Waals surface area contributed by atoms with E-state index >= 15 is 0 Å². The summed E-state index contributed by atoms with van der Waals surface area (Å²) in [6.07, 6.45) is 3.72. The number of benzene rings is 2. The van der Waals surface area contributed by atoms with Crippen LogP contribution in [0.15, 0.2) is 59.3 Å². The van der Waals surface area contributed by atoms with Crippen molar-refractivity contribution in [1.82, 2.24) is 19.5 Å². The van der Waals surface area contributed by atoms with Crippen LogP contribution in [0.1, 0.15) is 18.9 Å². The van der Waals surface area contributed by atoms with Crippen molar-refractivity contribution < 1.29 is 23.7 Å². The molecule has 198 valence electrons. The van der Waals surface area contributed by atoms with E-state index in [1.54, 1.807) is 32.0 Å². The molecule has 0 N–H and O–H groups in total. The standard InChI is InChI=1S/C28H29BrN4O5/c1-17(20-12-26(34)32(15-20)14-18-5-8-21(35-2)9-6-18)38-28-27-22(29)13-30-33(27)16-23(31-28)19-7-10-24(36-3)25(11-19)37-4/h5-11,13,16-17,20H,12,14-15H2,1-4H3. The Balaban J connectivity index is 1.37. The molecule has 1 fully saturated rings. The van der Waals surface area contributed by atoms with E-state index in [-0.39, 0.29) is 17.9 Å². The lowest BCUT2D eigenvalue weighted by molar-refractivity contribution is -0.128. The van der Waals surface area contributed by atoms with Crippen molar-refractivity contribution in [3.8, 4) is 34.4 Å². The molecule has 1 amide bonds. The van der Waals surface area contributed by atoms with Crippen LogP contribution in [-0.2, 0) is 11.3 Å². The van der Waals surface area contributed by atoms with Crippen molar-refractivity contribution in [3.05, 3.63) is 64.9 Å². The van der Waals surface area contributed by atoms with Crippen molar-refractivity contribution >= 4 is 27.4 Å². The predicted octanol–water partition coefficient (Wildman–Crippen LogP) is 5.00. The van der Waals surface area contributed by atoms with Gasteiger partial charge in [-0.1, -0.05) is 12.1 Å². The van der Waals surface area contributed by atoms with E-state index in [2.05, 4.69) is 21.0 Å². The number of methoxy groups -OCH3 is 3. The summed E-state index contributed by atoms with van der Waals surface area (Å²) in [4.78, 5) is 19.6. The lowest BCUT2D eigenvalue weighted by Crippen LogP contribution is -2.29. The molecule has 1 aliphatic rings. The largest absolute Gasteiger partial charge is 0.497 e. The third kappa shape index (κ3) is 5.13. The van der Waals surface area contributed by atoms with Gasteiger partial charge in [0.2, 0.25) is 11.8 Å². The number of nitrogens with zero attached hydrogens (tertiary/aromatic N) is 4. The van der Waals surface area contributed by atoms with E-state index in [9.17, 15) is 4.79 Å². The van der Waals surface area contributed by atoms with Crippen molar-refractivity contribution in [2.75, 3.05) is 27.9 Å². The highest BCUT2D eigenvalue weighted by Crippen LogP contribution is 2.35. The first-order valence-electron chi connectivity index (χ1n) is 12.2. The molecular weight excluding hydrogens is 552 g/mol. The molecule has 2 aromatic carbocycles. The molecule has 0 radical (unpaired) electrons. The molecule has 2 atom stereocenters. The Morgan fingerprint density at radius 1 is 1.05 bits per heavy atom. The molecule has 9 nitrogen and oxygen atoms in total. The predicted molar refractivity (Wildman–Crippen MR) is 146 cm³/mol. The lowest BCUT2D eigenvalue weighted by Gasteiger charge is -2.22. The SMILES string of the molecule is COc1ccc(CN2CC(C(C)Oc3nc(-c4ccc(OC)c(OC)c4)cn4ncc(Br)c34)CC2=O)cc1. The fourth-order valence-electron chi connectivity index (χ4n) is 4.66. The monoisotopic (exact) mass is 580 g/mol. The molecule has 4 aromatic rings. The van der Waals surface area contributed by atoms with Gasteiger partial charge in [0.1, 0.15) is 17.4 Å². The van der Waals surface area contributed by atoms with Crippen molar-refractivity contribution in [1.29, 1.82) is 0 Å².